The number of unbranched alkanes of at least 4 members (excludes halogenated alkanes) is 1. The molecule has 3 N–H and O–H groups in total. The number of ether oxygens (including phenoxy) is 5. The number of rotatable bonds is 31. The Morgan fingerprint density at radius 3 is 1.91 bits per heavy atom. The first-order valence-electron chi connectivity index (χ1n) is 20.0. The van der Waals surface area contributed by atoms with Gasteiger partial charge in [-0.15, -0.1) is 0 Å². The lowest BCUT2D eigenvalue weighted by Crippen LogP contribution is -2.36. The van der Waals surface area contributed by atoms with Gasteiger partial charge in [0.05, 0.1) is 71.4 Å². The molecule has 0 radical (unpaired) electrons. The fourth-order valence-electron chi connectivity index (χ4n) is 6.35. The van der Waals surface area contributed by atoms with Crippen molar-refractivity contribution in [3.63, 3.8) is 0 Å². The van der Waals surface area contributed by atoms with Crippen molar-refractivity contribution < 1.29 is 56.8 Å². The second-order valence-electron chi connectivity index (χ2n) is 14.1. The minimum absolute atomic E-state index is 0.0660. The summed E-state index contributed by atoms with van der Waals surface area (Å²) >= 11 is 1.90. The molecule has 0 bridgehead atoms. The lowest BCUT2D eigenvalue weighted by Gasteiger charge is -2.16. The Balaban J connectivity index is 0.894. The van der Waals surface area contributed by atoms with E-state index in [1.54, 1.807) is 19.1 Å². The van der Waals surface area contributed by atoms with Crippen molar-refractivity contribution in [1.29, 1.82) is 0 Å². The average Bonchev–Trinajstić information content (AvgIpc) is 3.77. The van der Waals surface area contributed by atoms with E-state index in [-0.39, 0.29) is 41.7 Å². The molecular formula is C42H56FN3O11S. The lowest BCUT2D eigenvalue weighted by atomic mass is 10.0. The van der Waals surface area contributed by atoms with Gasteiger partial charge in [-0.2, -0.15) is 11.8 Å². The molecule has 4 rings (SSSR count). The Hall–Kier alpha value is -4.06. The molecule has 16 heteroatoms. The predicted octanol–water partition coefficient (Wildman–Crippen LogP) is 5.04. The monoisotopic (exact) mass is 829 g/mol. The molecule has 2 heterocycles. The van der Waals surface area contributed by atoms with Gasteiger partial charge in [0.15, 0.2) is 11.6 Å². The van der Waals surface area contributed by atoms with E-state index in [1.165, 1.54) is 18.2 Å². The number of aryl methyl sites for hydroxylation is 1. The molecule has 2 aromatic rings. The Morgan fingerprint density at radius 1 is 0.707 bits per heavy atom. The summed E-state index contributed by atoms with van der Waals surface area (Å²) in [5.41, 5.74) is 1.43. The SMILES string of the molecule is Cc1ccc(C(=O)CCCOCCOCCOCCOCCOCCCC(=O)CCCC[C@@H]2SC[C@@H]3NC(=O)N[C@@H]32)cc1NC(=O)C(=O)CC(=O)c1ccc(F)cc1. The van der Waals surface area contributed by atoms with Crippen LogP contribution in [0, 0.1) is 12.7 Å². The second kappa shape index (κ2) is 26.1. The number of anilines is 1. The molecule has 318 valence electrons. The van der Waals surface area contributed by atoms with Gasteiger partial charge < -0.3 is 39.6 Å². The van der Waals surface area contributed by atoms with Crippen LogP contribution in [0.25, 0.3) is 0 Å². The summed E-state index contributed by atoms with van der Waals surface area (Å²) in [5.74, 6) is -1.98. The summed E-state index contributed by atoms with van der Waals surface area (Å²) < 4.78 is 40.8. The van der Waals surface area contributed by atoms with Crippen molar-refractivity contribution in [2.75, 3.05) is 77.1 Å². The number of hydrogen-bond acceptors (Lipinski definition) is 12. The number of halogens is 1. The van der Waals surface area contributed by atoms with Crippen molar-refractivity contribution in [3.8, 4) is 0 Å². The van der Waals surface area contributed by atoms with Crippen LogP contribution in [0.2, 0.25) is 0 Å². The molecule has 0 aromatic heterocycles. The van der Waals surface area contributed by atoms with Gasteiger partial charge in [0.25, 0.3) is 5.91 Å². The van der Waals surface area contributed by atoms with Crippen LogP contribution >= 0.6 is 11.8 Å². The molecule has 2 aliphatic heterocycles. The second-order valence-corrected chi connectivity index (χ2v) is 15.4. The van der Waals surface area contributed by atoms with E-state index in [1.807, 2.05) is 11.8 Å². The maximum absolute atomic E-state index is 13.1. The van der Waals surface area contributed by atoms with Crippen molar-refractivity contribution in [2.45, 2.75) is 82.0 Å². The van der Waals surface area contributed by atoms with E-state index in [0.717, 1.165) is 37.1 Å². The van der Waals surface area contributed by atoms with Crippen LogP contribution in [0.4, 0.5) is 14.9 Å². The van der Waals surface area contributed by atoms with Gasteiger partial charge in [-0.05, 0) is 68.5 Å². The standard InChI is InChI=1S/C42H56FN3O11S/c1-29-10-11-31(26-34(29)44-41(51)38(50)27-37(49)30-12-14-32(43)15-13-30)36(48)8-5-17-54-19-21-56-23-25-57-24-22-55-20-18-53-16-4-7-33(47)6-2-3-9-39-40-35(28-58-39)45-42(52)46-40/h10-15,26,35,39-40H,2-9,16-25,27-28H2,1H3,(H,44,51)(H2,45,46,52)/t35-,39-,40-/m0/s1. The van der Waals surface area contributed by atoms with Gasteiger partial charge >= 0.3 is 6.03 Å². The highest BCUT2D eigenvalue weighted by Gasteiger charge is 2.42. The zero-order chi connectivity index (χ0) is 41.5. The first-order valence-corrected chi connectivity index (χ1v) is 21.0. The molecule has 3 amide bonds. The summed E-state index contributed by atoms with van der Waals surface area (Å²) in [6, 6.07) is 9.91. The van der Waals surface area contributed by atoms with Crippen molar-refractivity contribution in [3.05, 3.63) is 65.0 Å². The fourth-order valence-corrected chi connectivity index (χ4v) is 7.90. The lowest BCUT2D eigenvalue weighted by molar-refractivity contribution is -0.134. The van der Waals surface area contributed by atoms with Crippen molar-refractivity contribution >= 4 is 52.5 Å². The van der Waals surface area contributed by atoms with E-state index in [9.17, 15) is 33.2 Å². The molecule has 2 aliphatic rings. The number of nitrogens with one attached hydrogen (secondary N) is 3. The fraction of sp³-hybridized carbons (Fsp3) is 0.571. The third-order valence-electron chi connectivity index (χ3n) is 9.61. The third-order valence-corrected chi connectivity index (χ3v) is 11.1. The van der Waals surface area contributed by atoms with Gasteiger partial charge in [0.2, 0.25) is 5.78 Å². The van der Waals surface area contributed by atoms with Gasteiger partial charge in [-0.1, -0.05) is 18.6 Å². The number of carbonyl (C=O) groups is 6. The van der Waals surface area contributed by atoms with Crippen LogP contribution < -0.4 is 16.0 Å². The van der Waals surface area contributed by atoms with Crippen LogP contribution in [-0.4, -0.2) is 124 Å². The summed E-state index contributed by atoms with van der Waals surface area (Å²) in [5, 5.41) is 8.88. The normalized spacial score (nSPS) is 17.1. The van der Waals surface area contributed by atoms with Gasteiger partial charge in [0, 0.05) is 60.3 Å². The quantitative estimate of drug-likeness (QED) is 0.0303. The summed E-state index contributed by atoms with van der Waals surface area (Å²) in [6.07, 6.45) is 4.75. The average molecular weight is 830 g/mol. The number of urea groups is 1. The van der Waals surface area contributed by atoms with Crippen molar-refractivity contribution in [1.82, 2.24) is 10.6 Å². The molecule has 0 spiro atoms. The van der Waals surface area contributed by atoms with Crippen LogP contribution in [0.3, 0.4) is 0 Å². The number of benzene rings is 2. The highest BCUT2D eigenvalue weighted by atomic mass is 32.2. The largest absolute Gasteiger partial charge is 0.379 e. The summed E-state index contributed by atoms with van der Waals surface area (Å²) in [7, 11) is 0. The number of fused-ring (bicyclic) bond motifs is 1. The van der Waals surface area contributed by atoms with Gasteiger partial charge in [0.1, 0.15) is 11.6 Å². The maximum Gasteiger partial charge on any atom is 0.315 e. The Morgan fingerprint density at radius 2 is 1.28 bits per heavy atom. The van der Waals surface area contributed by atoms with E-state index in [2.05, 4.69) is 16.0 Å². The summed E-state index contributed by atoms with van der Waals surface area (Å²) in [6.45, 7) is 5.96. The van der Waals surface area contributed by atoms with Gasteiger partial charge in [-0.3, -0.25) is 24.0 Å². The highest BCUT2D eigenvalue weighted by Crippen LogP contribution is 2.33. The summed E-state index contributed by atoms with van der Waals surface area (Å²) in [4.78, 5) is 73.6. The number of amides is 3. The van der Waals surface area contributed by atoms with Gasteiger partial charge in [-0.25, -0.2) is 9.18 Å². The first-order chi connectivity index (χ1) is 28.1. The minimum atomic E-state index is -0.980. The van der Waals surface area contributed by atoms with Crippen LogP contribution in [0.5, 0.6) is 0 Å². The van der Waals surface area contributed by atoms with E-state index < -0.39 is 29.7 Å². The number of hydrogen-bond donors (Lipinski definition) is 3. The first kappa shape index (κ1) is 46.6. The van der Waals surface area contributed by atoms with E-state index in [0.29, 0.717) is 114 Å². The number of thioether (sulfide) groups is 1. The molecule has 0 aliphatic carbocycles. The predicted molar refractivity (Wildman–Crippen MR) is 216 cm³/mol. The minimum Gasteiger partial charge on any atom is -0.379 e. The van der Waals surface area contributed by atoms with Crippen LogP contribution in [0.1, 0.15) is 84.1 Å². The van der Waals surface area contributed by atoms with E-state index >= 15 is 0 Å². The molecule has 3 atom stereocenters. The molecule has 58 heavy (non-hydrogen) atoms. The number of ketones is 4. The highest BCUT2D eigenvalue weighted by molar-refractivity contribution is 8.00. The molecule has 2 fully saturated rings. The Kier molecular flexibility index (Phi) is 21.0. The zero-order valence-corrected chi connectivity index (χ0v) is 34.0. The third kappa shape index (κ3) is 17.0. The number of Topliss-reactive ketones (excluding diaryl/α,β-unsaturated/α-hetero) is 4. The van der Waals surface area contributed by atoms with Crippen molar-refractivity contribution in [2.24, 2.45) is 0 Å². The Bertz CT molecular complexity index is 1660. The zero-order valence-electron chi connectivity index (χ0n) is 33.2. The Labute approximate surface area is 343 Å². The van der Waals surface area contributed by atoms with Crippen LogP contribution in [-0.2, 0) is 38.1 Å². The topological polar surface area (TPSA) is 185 Å². The van der Waals surface area contributed by atoms with Crippen LogP contribution in [0.15, 0.2) is 42.5 Å². The number of carbonyl (C=O) groups excluding carboxylic acids is 6. The molecule has 2 saturated heterocycles. The maximum atomic E-state index is 13.1. The molecule has 0 unspecified atom stereocenters. The van der Waals surface area contributed by atoms with E-state index in [4.69, 9.17) is 23.7 Å². The molecule has 14 nitrogen and oxygen atoms in total. The smallest absolute Gasteiger partial charge is 0.315 e. The molecule has 0 saturated carbocycles. The molecule has 2 aromatic carbocycles. The molecular weight excluding hydrogens is 774 g/mol.